The quantitative estimate of drug-likeness (QED) is 0.785. The maximum absolute atomic E-state index is 10.9. The van der Waals surface area contributed by atoms with E-state index in [9.17, 15) is 4.79 Å². The Morgan fingerprint density at radius 2 is 2.06 bits per heavy atom. The van der Waals surface area contributed by atoms with E-state index in [1.54, 1.807) is 0 Å². The fraction of sp³-hybridized carbons (Fsp3) is 0.923. The molecule has 2 unspecified atom stereocenters. The second-order valence-corrected chi connectivity index (χ2v) is 5.09. The monoisotopic (exact) mass is 227 g/mol. The van der Waals surface area contributed by atoms with Gasteiger partial charge in [-0.2, -0.15) is 0 Å². The zero-order valence-electron chi connectivity index (χ0n) is 10.8. The van der Waals surface area contributed by atoms with Crippen LogP contribution in [0.2, 0.25) is 0 Å². The van der Waals surface area contributed by atoms with Crippen LogP contribution in [0.3, 0.4) is 0 Å². The van der Waals surface area contributed by atoms with Crippen LogP contribution in [0.4, 0.5) is 0 Å². The van der Waals surface area contributed by atoms with E-state index in [-0.39, 0.29) is 5.92 Å². The molecule has 0 aromatic heterocycles. The van der Waals surface area contributed by atoms with E-state index < -0.39 is 5.97 Å². The van der Waals surface area contributed by atoms with Gasteiger partial charge < -0.3 is 10.0 Å². The zero-order chi connectivity index (χ0) is 12.1. The molecule has 1 aliphatic heterocycles. The van der Waals surface area contributed by atoms with Gasteiger partial charge in [-0.3, -0.25) is 4.79 Å². The van der Waals surface area contributed by atoms with Crippen molar-refractivity contribution in [2.45, 2.75) is 52.5 Å². The second-order valence-electron chi connectivity index (χ2n) is 5.09. The SMILES string of the molecule is CCC(CC)CN1CCC(C(=O)O)CC1C. The molecule has 1 aliphatic rings. The Bertz CT molecular complexity index is 226. The lowest BCUT2D eigenvalue weighted by atomic mass is 9.90. The number of likely N-dealkylation sites (tertiary alicyclic amines) is 1. The maximum Gasteiger partial charge on any atom is 0.306 e. The summed E-state index contributed by atoms with van der Waals surface area (Å²) in [6, 6.07) is 0.426. The molecule has 1 N–H and O–H groups in total. The summed E-state index contributed by atoms with van der Waals surface area (Å²) in [5.74, 6) is 0.0332. The molecule has 2 atom stereocenters. The number of hydrogen-bond acceptors (Lipinski definition) is 2. The van der Waals surface area contributed by atoms with E-state index in [1.807, 2.05) is 0 Å². The van der Waals surface area contributed by atoms with Gasteiger partial charge in [0.05, 0.1) is 5.92 Å². The van der Waals surface area contributed by atoms with Crippen LogP contribution in [0.5, 0.6) is 0 Å². The van der Waals surface area contributed by atoms with Gasteiger partial charge in [0.1, 0.15) is 0 Å². The minimum absolute atomic E-state index is 0.118. The van der Waals surface area contributed by atoms with Gasteiger partial charge in [0.2, 0.25) is 0 Å². The summed E-state index contributed by atoms with van der Waals surface area (Å²) in [6.45, 7) is 8.73. The Hall–Kier alpha value is -0.570. The predicted octanol–water partition coefficient (Wildman–Crippen LogP) is 2.61. The number of carboxylic acid groups (broad SMARTS) is 1. The average molecular weight is 227 g/mol. The van der Waals surface area contributed by atoms with Crippen LogP contribution in [0, 0.1) is 11.8 Å². The molecule has 1 rings (SSSR count). The third-order valence-corrected chi connectivity index (χ3v) is 4.01. The van der Waals surface area contributed by atoms with Crippen LogP contribution in [-0.2, 0) is 4.79 Å². The highest BCUT2D eigenvalue weighted by atomic mass is 16.4. The van der Waals surface area contributed by atoms with Crippen LogP contribution in [0.25, 0.3) is 0 Å². The van der Waals surface area contributed by atoms with Crippen molar-refractivity contribution in [3.8, 4) is 0 Å². The van der Waals surface area contributed by atoms with Gasteiger partial charge >= 0.3 is 5.97 Å². The van der Waals surface area contributed by atoms with E-state index in [2.05, 4.69) is 25.7 Å². The second kappa shape index (κ2) is 6.24. The Morgan fingerprint density at radius 1 is 1.44 bits per heavy atom. The molecule has 0 saturated carbocycles. The summed E-state index contributed by atoms with van der Waals surface area (Å²) in [5.41, 5.74) is 0. The summed E-state index contributed by atoms with van der Waals surface area (Å²) < 4.78 is 0. The van der Waals surface area contributed by atoms with Gasteiger partial charge in [-0.1, -0.05) is 26.7 Å². The predicted molar refractivity (Wildman–Crippen MR) is 65.5 cm³/mol. The molecular weight excluding hydrogens is 202 g/mol. The number of piperidine rings is 1. The van der Waals surface area contributed by atoms with Crippen molar-refractivity contribution in [3.63, 3.8) is 0 Å². The zero-order valence-corrected chi connectivity index (χ0v) is 10.8. The molecule has 1 heterocycles. The molecule has 0 aliphatic carbocycles. The molecular formula is C13H25NO2. The Kier molecular flexibility index (Phi) is 5.26. The number of rotatable bonds is 5. The molecule has 0 aromatic rings. The van der Waals surface area contributed by atoms with Gasteiger partial charge in [0.25, 0.3) is 0 Å². The summed E-state index contributed by atoms with van der Waals surface area (Å²) in [7, 11) is 0. The van der Waals surface area contributed by atoms with Gasteiger partial charge in [0, 0.05) is 12.6 Å². The van der Waals surface area contributed by atoms with E-state index in [0.717, 1.165) is 31.8 Å². The fourth-order valence-electron chi connectivity index (χ4n) is 2.59. The molecule has 0 amide bonds. The molecule has 1 fully saturated rings. The van der Waals surface area contributed by atoms with Crippen LogP contribution in [0.15, 0.2) is 0 Å². The van der Waals surface area contributed by atoms with Gasteiger partial charge in [-0.05, 0) is 32.2 Å². The molecule has 0 radical (unpaired) electrons. The first kappa shape index (κ1) is 13.5. The van der Waals surface area contributed by atoms with Crippen molar-refractivity contribution in [1.82, 2.24) is 4.90 Å². The minimum Gasteiger partial charge on any atom is -0.481 e. The van der Waals surface area contributed by atoms with E-state index in [1.165, 1.54) is 12.8 Å². The highest BCUT2D eigenvalue weighted by Crippen LogP contribution is 2.24. The maximum atomic E-state index is 10.9. The lowest BCUT2D eigenvalue weighted by Crippen LogP contribution is -2.44. The van der Waals surface area contributed by atoms with Gasteiger partial charge in [-0.15, -0.1) is 0 Å². The molecule has 1 saturated heterocycles. The molecule has 0 aromatic carbocycles. The van der Waals surface area contributed by atoms with E-state index in [4.69, 9.17) is 5.11 Å². The van der Waals surface area contributed by atoms with Crippen molar-refractivity contribution in [3.05, 3.63) is 0 Å². The third-order valence-electron chi connectivity index (χ3n) is 4.01. The first-order chi connectivity index (χ1) is 7.58. The number of carboxylic acids is 1. The minimum atomic E-state index is -0.617. The van der Waals surface area contributed by atoms with Crippen molar-refractivity contribution >= 4 is 5.97 Å². The number of nitrogens with zero attached hydrogens (tertiary/aromatic N) is 1. The lowest BCUT2D eigenvalue weighted by Gasteiger charge is -2.38. The fourth-order valence-corrected chi connectivity index (χ4v) is 2.59. The van der Waals surface area contributed by atoms with Gasteiger partial charge in [0.15, 0.2) is 0 Å². The van der Waals surface area contributed by atoms with Crippen LogP contribution in [-0.4, -0.2) is 35.1 Å². The highest BCUT2D eigenvalue weighted by Gasteiger charge is 2.30. The summed E-state index contributed by atoms with van der Waals surface area (Å²) in [5, 5.41) is 9.00. The first-order valence-electron chi connectivity index (χ1n) is 6.55. The summed E-state index contributed by atoms with van der Waals surface area (Å²) >= 11 is 0. The van der Waals surface area contributed by atoms with Gasteiger partial charge in [-0.25, -0.2) is 0 Å². The normalized spacial score (nSPS) is 27.2. The largest absolute Gasteiger partial charge is 0.481 e. The molecule has 3 nitrogen and oxygen atoms in total. The van der Waals surface area contributed by atoms with E-state index >= 15 is 0 Å². The summed E-state index contributed by atoms with van der Waals surface area (Å²) in [4.78, 5) is 13.4. The van der Waals surface area contributed by atoms with Crippen molar-refractivity contribution in [2.75, 3.05) is 13.1 Å². The topological polar surface area (TPSA) is 40.5 Å². The van der Waals surface area contributed by atoms with E-state index in [0.29, 0.717) is 6.04 Å². The summed E-state index contributed by atoms with van der Waals surface area (Å²) in [6.07, 6.45) is 4.08. The Labute approximate surface area is 98.8 Å². The standard InChI is InChI=1S/C13H25NO2/c1-4-11(5-2)9-14-7-6-12(13(15)16)8-10(14)3/h10-12H,4-9H2,1-3H3,(H,15,16). The molecule has 16 heavy (non-hydrogen) atoms. The van der Waals surface area contributed by atoms with Crippen LogP contribution >= 0.6 is 0 Å². The first-order valence-corrected chi connectivity index (χ1v) is 6.55. The Balaban J connectivity index is 2.44. The molecule has 0 spiro atoms. The molecule has 0 bridgehead atoms. The number of aliphatic carboxylic acids is 1. The number of carbonyl (C=O) groups is 1. The van der Waals surface area contributed by atoms with Crippen molar-refractivity contribution in [1.29, 1.82) is 0 Å². The smallest absolute Gasteiger partial charge is 0.306 e. The number of hydrogen-bond donors (Lipinski definition) is 1. The van der Waals surface area contributed by atoms with Crippen LogP contribution in [0.1, 0.15) is 46.5 Å². The van der Waals surface area contributed by atoms with Crippen LogP contribution < -0.4 is 0 Å². The van der Waals surface area contributed by atoms with Crippen molar-refractivity contribution in [2.24, 2.45) is 11.8 Å². The Morgan fingerprint density at radius 3 is 2.50 bits per heavy atom. The third kappa shape index (κ3) is 3.48. The average Bonchev–Trinajstić information content (AvgIpc) is 2.27. The molecule has 3 heteroatoms. The molecule has 94 valence electrons. The highest BCUT2D eigenvalue weighted by molar-refractivity contribution is 5.70. The van der Waals surface area contributed by atoms with Crippen molar-refractivity contribution < 1.29 is 9.90 Å². The lowest BCUT2D eigenvalue weighted by molar-refractivity contribution is -0.144.